The topological polar surface area (TPSA) is 53.8 Å². The van der Waals surface area contributed by atoms with Crippen molar-refractivity contribution in [3.05, 3.63) is 35.6 Å². The van der Waals surface area contributed by atoms with Crippen molar-refractivity contribution in [2.24, 2.45) is 10.2 Å². The molecule has 1 heterocycles. The van der Waals surface area contributed by atoms with Crippen LogP contribution in [0.4, 0.5) is 9.18 Å². The maximum atomic E-state index is 12.5. The largest absolute Gasteiger partial charge is 0.361 e. The third-order valence-corrected chi connectivity index (χ3v) is 1.71. The average molecular weight is 179 g/mol. The van der Waals surface area contributed by atoms with Crippen LogP contribution in [0.15, 0.2) is 34.5 Å². The summed E-state index contributed by atoms with van der Waals surface area (Å²) in [5.41, 5.74) is 0.719. The van der Waals surface area contributed by atoms with Crippen LogP contribution < -0.4 is 5.32 Å². The molecule has 0 radical (unpaired) electrons. The number of benzene rings is 1. The van der Waals surface area contributed by atoms with Gasteiger partial charge in [0.2, 0.25) is 0 Å². The minimum absolute atomic E-state index is 0.315. The monoisotopic (exact) mass is 179 g/mol. The second-order valence-electron chi connectivity index (χ2n) is 2.62. The number of nitrogens with one attached hydrogen (secondary N) is 1. The number of urea groups is 1. The van der Waals surface area contributed by atoms with E-state index in [0.717, 1.165) is 5.56 Å². The Kier molecular flexibility index (Phi) is 1.77. The summed E-state index contributed by atoms with van der Waals surface area (Å²) in [6, 6.07) is 5.29. The fourth-order valence-electron chi connectivity index (χ4n) is 1.08. The second-order valence-corrected chi connectivity index (χ2v) is 2.62. The van der Waals surface area contributed by atoms with Crippen molar-refractivity contribution < 1.29 is 9.18 Å². The first kappa shape index (κ1) is 7.85. The molecule has 66 valence electrons. The van der Waals surface area contributed by atoms with E-state index in [9.17, 15) is 9.18 Å². The van der Waals surface area contributed by atoms with Crippen molar-refractivity contribution in [3.8, 4) is 0 Å². The highest BCUT2D eigenvalue weighted by molar-refractivity contribution is 5.76. The van der Waals surface area contributed by atoms with Crippen LogP contribution in [0.3, 0.4) is 0 Å². The predicted octanol–water partition coefficient (Wildman–Crippen LogP) is 2.00. The van der Waals surface area contributed by atoms with Crippen LogP contribution in [0, 0.1) is 5.82 Å². The van der Waals surface area contributed by atoms with Crippen molar-refractivity contribution in [2.75, 3.05) is 0 Å². The van der Waals surface area contributed by atoms with Crippen molar-refractivity contribution >= 4 is 6.03 Å². The summed E-state index contributed by atoms with van der Waals surface area (Å²) in [6.45, 7) is 0. The van der Waals surface area contributed by atoms with Gasteiger partial charge in [0.15, 0.2) is 6.17 Å². The number of hydrogen-bond donors (Lipinski definition) is 1. The van der Waals surface area contributed by atoms with E-state index in [0.29, 0.717) is 0 Å². The van der Waals surface area contributed by atoms with Crippen LogP contribution in [0.25, 0.3) is 0 Å². The molecule has 0 aromatic heterocycles. The standard InChI is InChI=1S/C8H6FN3O/c9-6-3-1-5(2-4-6)7-10-8(13)12-11-7/h1-4,7H,(H,10,13). The number of nitrogens with zero attached hydrogens (tertiary/aromatic N) is 2. The van der Waals surface area contributed by atoms with Gasteiger partial charge in [-0.25, -0.2) is 9.18 Å². The SMILES string of the molecule is O=C1N=NC(c2ccc(F)cc2)N1. The number of hydrogen-bond acceptors (Lipinski definition) is 2. The van der Waals surface area contributed by atoms with Gasteiger partial charge < -0.3 is 5.32 Å². The summed E-state index contributed by atoms with van der Waals surface area (Å²) in [6.07, 6.45) is -0.465. The molecule has 2 rings (SSSR count). The lowest BCUT2D eigenvalue weighted by Crippen LogP contribution is -2.17. The number of carbonyl (C=O) groups is 1. The predicted molar refractivity (Wildman–Crippen MR) is 42.5 cm³/mol. The van der Waals surface area contributed by atoms with E-state index in [-0.39, 0.29) is 5.82 Å². The molecule has 2 amide bonds. The second kappa shape index (κ2) is 2.93. The van der Waals surface area contributed by atoms with Crippen molar-refractivity contribution in [1.29, 1.82) is 0 Å². The van der Waals surface area contributed by atoms with Gasteiger partial charge in [0.05, 0.1) is 0 Å². The number of carbonyl (C=O) groups excluding carboxylic acids is 1. The summed E-state index contributed by atoms with van der Waals surface area (Å²) in [5.74, 6) is -0.315. The normalized spacial score (nSPS) is 20.4. The van der Waals surface area contributed by atoms with Gasteiger partial charge in [-0.2, -0.15) is 5.11 Å². The van der Waals surface area contributed by atoms with Crippen LogP contribution >= 0.6 is 0 Å². The number of amides is 2. The van der Waals surface area contributed by atoms with Crippen molar-refractivity contribution in [1.82, 2.24) is 5.32 Å². The first-order valence-electron chi connectivity index (χ1n) is 3.72. The Morgan fingerprint density at radius 1 is 1.31 bits per heavy atom. The van der Waals surface area contributed by atoms with E-state index in [1.165, 1.54) is 12.1 Å². The van der Waals surface area contributed by atoms with Gasteiger partial charge in [0.25, 0.3) is 0 Å². The molecule has 0 spiro atoms. The molecule has 1 atom stereocenters. The summed E-state index contributed by atoms with van der Waals surface area (Å²) < 4.78 is 12.5. The highest BCUT2D eigenvalue weighted by Crippen LogP contribution is 2.18. The fraction of sp³-hybridized carbons (Fsp3) is 0.125. The van der Waals surface area contributed by atoms with Gasteiger partial charge in [-0.1, -0.05) is 17.2 Å². The van der Waals surface area contributed by atoms with Crippen LogP contribution in [0.5, 0.6) is 0 Å². The molecule has 1 N–H and O–H groups in total. The lowest BCUT2D eigenvalue weighted by molar-refractivity contribution is 0.250. The molecular formula is C8H6FN3O. The minimum atomic E-state index is -0.465. The van der Waals surface area contributed by atoms with Gasteiger partial charge in [0.1, 0.15) is 5.82 Å². The highest BCUT2D eigenvalue weighted by Gasteiger charge is 2.18. The highest BCUT2D eigenvalue weighted by atomic mass is 19.1. The fourth-order valence-corrected chi connectivity index (χ4v) is 1.08. The smallest absolute Gasteiger partial charge is 0.307 e. The summed E-state index contributed by atoms with van der Waals surface area (Å²) in [4.78, 5) is 10.6. The Hall–Kier alpha value is -1.78. The van der Waals surface area contributed by atoms with Gasteiger partial charge in [-0.05, 0) is 17.7 Å². The van der Waals surface area contributed by atoms with E-state index < -0.39 is 12.2 Å². The van der Waals surface area contributed by atoms with Gasteiger partial charge in [0, 0.05) is 0 Å². The van der Waals surface area contributed by atoms with Crippen molar-refractivity contribution in [3.63, 3.8) is 0 Å². The Morgan fingerprint density at radius 3 is 2.54 bits per heavy atom. The minimum Gasteiger partial charge on any atom is -0.307 e. The molecule has 4 nitrogen and oxygen atoms in total. The van der Waals surface area contributed by atoms with Crippen LogP contribution in [0.1, 0.15) is 11.7 Å². The Labute approximate surface area is 73.5 Å². The van der Waals surface area contributed by atoms with Crippen LogP contribution in [0.2, 0.25) is 0 Å². The summed E-state index contributed by atoms with van der Waals surface area (Å²) in [5, 5.41) is 9.45. The third-order valence-electron chi connectivity index (χ3n) is 1.71. The number of halogens is 1. The maximum absolute atomic E-state index is 12.5. The van der Waals surface area contributed by atoms with Crippen molar-refractivity contribution in [2.45, 2.75) is 6.17 Å². The average Bonchev–Trinajstić information content (AvgIpc) is 2.53. The Balaban J connectivity index is 2.22. The number of rotatable bonds is 1. The quantitative estimate of drug-likeness (QED) is 0.704. The molecule has 5 heteroatoms. The molecule has 1 unspecified atom stereocenters. The summed E-state index contributed by atoms with van der Waals surface area (Å²) in [7, 11) is 0. The molecule has 1 aliphatic rings. The molecule has 1 aromatic carbocycles. The van der Waals surface area contributed by atoms with Gasteiger partial charge in [-0.15, -0.1) is 0 Å². The molecule has 0 fully saturated rings. The lowest BCUT2D eigenvalue weighted by atomic mass is 10.2. The molecule has 1 aliphatic heterocycles. The Morgan fingerprint density at radius 2 is 2.00 bits per heavy atom. The van der Waals surface area contributed by atoms with E-state index in [1.54, 1.807) is 12.1 Å². The van der Waals surface area contributed by atoms with E-state index in [2.05, 4.69) is 15.5 Å². The Bertz CT molecular complexity index is 360. The molecule has 0 aliphatic carbocycles. The lowest BCUT2D eigenvalue weighted by Gasteiger charge is -2.04. The summed E-state index contributed by atoms with van der Waals surface area (Å²) >= 11 is 0. The zero-order chi connectivity index (χ0) is 9.26. The molecule has 0 bridgehead atoms. The maximum Gasteiger partial charge on any atom is 0.361 e. The molecule has 0 saturated heterocycles. The van der Waals surface area contributed by atoms with E-state index in [4.69, 9.17) is 0 Å². The third kappa shape index (κ3) is 1.53. The number of azo groups is 1. The van der Waals surface area contributed by atoms with E-state index in [1.807, 2.05) is 0 Å². The van der Waals surface area contributed by atoms with Gasteiger partial charge in [-0.3, -0.25) is 0 Å². The zero-order valence-corrected chi connectivity index (χ0v) is 6.57. The molecule has 0 saturated carbocycles. The zero-order valence-electron chi connectivity index (χ0n) is 6.57. The molecule has 13 heavy (non-hydrogen) atoms. The van der Waals surface area contributed by atoms with Gasteiger partial charge >= 0.3 is 6.03 Å². The molecular weight excluding hydrogens is 173 g/mol. The molecule has 1 aromatic rings. The first-order chi connectivity index (χ1) is 6.25. The van der Waals surface area contributed by atoms with E-state index >= 15 is 0 Å². The van der Waals surface area contributed by atoms with Crippen LogP contribution in [-0.4, -0.2) is 6.03 Å². The van der Waals surface area contributed by atoms with Crippen LogP contribution in [-0.2, 0) is 0 Å². The first-order valence-corrected chi connectivity index (χ1v) is 3.72.